The Bertz CT molecular complexity index is 1040. The molecule has 0 aliphatic carbocycles. The monoisotopic (exact) mass is 346 g/mol. The number of anilines is 1. The Morgan fingerprint density at radius 3 is 2.64 bits per heavy atom. The molecule has 0 fully saturated rings. The molecule has 0 saturated carbocycles. The summed E-state index contributed by atoms with van der Waals surface area (Å²) in [4.78, 5) is 15.2. The predicted octanol–water partition coefficient (Wildman–Crippen LogP) is 3.53. The van der Waals surface area contributed by atoms with Crippen LogP contribution in [-0.2, 0) is 17.4 Å². The van der Waals surface area contributed by atoms with E-state index in [0.717, 1.165) is 22.4 Å². The minimum Gasteiger partial charge on any atom is -0.325 e. The summed E-state index contributed by atoms with van der Waals surface area (Å²) in [6.45, 7) is 3.65. The molecule has 1 aliphatic rings. The number of hydrogen-bond donors (Lipinski definition) is 1. The molecule has 0 unspecified atom stereocenters. The number of halogens is 3. The molecule has 0 spiro atoms. The Morgan fingerprint density at radius 1 is 1.16 bits per heavy atom. The van der Waals surface area contributed by atoms with Gasteiger partial charge < -0.3 is 5.32 Å². The van der Waals surface area contributed by atoms with E-state index in [9.17, 15) is 18.0 Å². The van der Waals surface area contributed by atoms with E-state index in [1.165, 1.54) is 10.6 Å². The summed E-state index contributed by atoms with van der Waals surface area (Å²) in [7, 11) is 0. The van der Waals surface area contributed by atoms with Crippen molar-refractivity contribution < 1.29 is 18.0 Å². The van der Waals surface area contributed by atoms with Crippen molar-refractivity contribution in [3.8, 4) is 11.3 Å². The lowest BCUT2D eigenvalue weighted by Gasteiger charge is -2.12. The fourth-order valence-electron chi connectivity index (χ4n) is 3.18. The number of nitrogens with zero attached hydrogens (tertiary/aromatic N) is 3. The Labute approximate surface area is 140 Å². The molecular weight excluding hydrogens is 333 g/mol. The first-order chi connectivity index (χ1) is 11.7. The molecule has 2 aromatic heterocycles. The van der Waals surface area contributed by atoms with Gasteiger partial charge in [-0.2, -0.15) is 13.2 Å². The summed E-state index contributed by atoms with van der Waals surface area (Å²) in [6, 6.07) is 6.87. The van der Waals surface area contributed by atoms with Gasteiger partial charge in [-0.1, -0.05) is 6.07 Å². The molecule has 3 heterocycles. The number of hydrogen-bond acceptors (Lipinski definition) is 3. The average molecular weight is 346 g/mol. The summed E-state index contributed by atoms with van der Waals surface area (Å²) in [5, 5.41) is 6.45. The Hall–Kier alpha value is -2.90. The van der Waals surface area contributed by atoms with Crippen LogP contribution in [0.15, 0.2) is 24.3 Å². The average Bonchev–Trinajstić information content (AvgIpc) is 3.09. The topological polar surface area (TPSA) is 59.3 Å². The van der Waals surface area contributed by atoms with E-state index < -0.39 is 12.0 Å². The highest BCUT2D eigenvalue weighted by Gasteiger charge is 2.36. The van der Waals surface area contributed by atoms with Crippen LogP contribution >= 0.6 is 0 Å². The van der Waals surface area contributed by atoms with Gasteiger partial charge in [0.2, 0.25) is 5.91 Å². The van der Waals surface area contributed by atoms with Gasteiger partial charge in [0.15, 0.2) is 5.65 Å². The van der Waals surface area contributed by atoms with Crippen molar-refractivity contribution in [1.82, 2.24) is 14.6 Å². The van der Waals surface area contributed by atoms with Gasteiger partial charge in [0.05, 0.1) is 12.1 Å². The zero-order valence-corrected chi connectivity index (χ0v) is 13.4. The van der Waals surface area contributed by atoms with Crippen LogP contribution in [0.3, 0.4) is 0 Å². The van der Waals surface area contributed by atoms with Crippen LogP contribution in [0.1, 0.15) is 22.5 Å². The summed E-state index contributed by atoms with van der Waals surface area (Å²) >= 11 is 0. The Morgan fingerprint density at radius 2 is 1.92 bits per heavy atom. The molecule has 1 amide bonds. The number of nitrogens with one attached hydrogen (secondary N) is 1. The third-order valence-electron chi connectivity index (χ3n) is 4.26. The third kappa shape index (κ3) is 2.45. The maximum absolute atomic E-state index is 13.0. The van der Waals surface area contributed by atoms with Crippen molar-refractivity contribution in [3.63, 3.8) is 0 Å². The van der Waals surface area contributed by atoms with Crippen molar-refractivity contribution in [3.05, 3.63) is 46.8 Å². The SMILES string of the molecule is Cc1cc(-c2c(C)ccc3nc(C(F)(F)F)nn23)cc2c1NC(=O)C2. The van der Waals surface area contributed by atoms with E-state index in [-0.39, 0.29) is 18.0 Å². The molecule has 4 rings (SSSR count). The minimum absolute atomic E-state index is 0.0923. The van der Waals surface area contributed by atoms with Crippen molar-refractivity contribution in [2.24, 2.45) is 0 Å². The number of aryl methyl sites for hydroxylation is 2. The van der Waals surface area contributed by atoms with E-state index in [1.807, 2.05) is 19.1 Å². The van der Waals surface area contributed by atoms with Crippen molar-refractivity contribution in [2.75, 3.05) is 5.32 Å². The maximum atomic E-state index is 13.0. The molecule has 5 nitrogen and oxygen atoms in total. The van der Waals surface area contributed by atoms with Gasteiger partial charge in [0, 0.05) is 11.3 Å². The van der Waals surface area contributed by atoms with Crippen LogP contribution in [0.4, 0.5) is 18.9 Å². The lowest BCUT2D eigenvalue weighted by atomic mass is 9.99. The number of pyridine rings is 1. The molecule has 0 atom stereocenters. The van der Waals surface area contributed by atoms with Gasteiger partial charge in [-0.15, -0.1) is 5.10 Å². The first kappa shape index (κ1) is 15.6. The van der Waals surface area contributed by atoms with E-state index >= 15 is 0 Å². The van der Waals surface area contributed by atoms with Crippen LogP contribution in [0.5, 0.6) is 0 Å². The smallest absolute Gasteiger partial charge is 0.325 e. The molecule has 3 aromatic rings. The normalized spacial score (nSPS) is 14.0. The summed E-state index contributed by atoms with van der Waals surface area (Å²) in [5.41, 5.74) is 4.58. The molecule has 0 radical (unpaired) electrons. The highest BCUT2D eigenvalue weighted by Crippen LogP contribution is 2.34. The quantitative estimate of drug-likeness (QED) is 0.733. The largest absolute Gasteiger partial charge is 0.453 e. The molecule has 128 valence electrons. The predicted molar refractivity (Wildman–Crippen MR) is 85.2 cm³/mol. The zero-order valence-electron chi connectivity index (χ0n) is 13.4. The molecule has 0 saturated heterocycles. The summed E-state index contributed by atoms with van der Waals surface area (Å²) in [6.07, 6.45) is -4.36. The van der Waals surface area contributed by atoms with E-state index in [2.05, 4.69) is 15.4 Å². The number of fused-ring (bicyclic) bond motifs is 2. The number of benzene rings is 1. The van der Waals surface area contributed by atoms with Gasteiger partial charge >= 0.3 is 6.18 Å². The number of amides is 1. The molecular formula is C17H13F3N4O. The van der Waals surface area contributed by atoms with Crippen LogP contribution in [0.2, 0.25) is 0 Å². The molecule has 8 heteroatoms. The zero-order chi connectivity index (χ0) is 17.9. The van der Waals surface area contributed by atoms with Crippen molar-refractivity contribution in [2.45, 2.75) is 26.4 Å². The van der Waals surface area contributed by atoms with Crippen LogP contribution < -0.4 is 5.32 Å². The number of carbonyl (C=O) groups excluding carboxylic acids is 1. The fraction of sp³-hybridized carbons (Fsp3) is 0.235. The number of aromatic nitrogens is 3. The van der Waals surface area contributed by atoms with Crippen LogP contribution in [-0.4, -0.2) is 20.5 Å². The summed E-state index contributed by atoms with van der Waals surface area (Å²) in [5.74, 6) is -1.26. The maximum Gasteiger partial charge on any atom is 0.453 e. The lowest BCUT2D eigenvalue weighted by molar-refractivity contribution is -0.144. The van der Waals surface area contributed by atoms with E-state index in [0.29, 0.717) is 11.3 Å². The lowest BCUT2D eigenvalue weighted by Crippen LogP contribution is -2.08. The van der Waals surface area contributed by atoms with E-state index in [1.54, 1.807) is 13.0 Å². The number of carbonyl (C=O) groups is 1. The highest BCUT2D eigenvalue weighted by atomic mass is 19.4. The number of rotatable bonds is 1. The van der Waals surface area contributed by atoms with E-state index in [4.69, 9.17) is 0 Å². The fourth-order valence-corrected chi connectivity index (χ4v) is 3.18. The molecule has 1 aromatic carbocycles. The third-order valence-corrected chi connectivity index (χ3v) is 4.26. The number of alkyl halides is 3. The van der Waals surface area contributed by atoms with Gasteiger partial charge in [0.25, 0.3) is 5.82 Å². The van der Waals surface area contributed by atoms with Crippen molar-refractivity contribution in [1.29, 1.82) is 0 Å². The summed E-state index contributed by atoms with van der Waals surface area (Å²) < 4.78 is 40.1. The second-order valence-corrected chi connectivity index (χ2v) is 6.12. The minimum atomic E-state index is -4.61. The van der Waals surface area contributed by atoms with Gasteiger partial charge in [0.1, 0.15) is 0 Å². The Balaban J connectivity index is 1.97. The second kappa shape index (κ2) is 5.05. The van der Waals surface area contributed by atoms with Gasteiger partial charge in [-0.25, -0.2) is 9.50 Å². The molecule has 1 N–H and O–H groups in total. The second-order valence-electron chi connectivity index (χ2n) is 6.12. The van der Waals surface area contributed by atoms with Gasteiger partial charge in [-0.3, -0.25) is 4.79 Å². The van der Waals surface area contributed by atoms with Gasteiger partial charge in [-0.05, 0) is 48.7 Å². The standard InChI is InChI=1S/C17H13F3N4O/c1-8-3-4-12-21-16(17(18,19)20)23-24(12)15(8)11-5-9(2)14-10(6-11)7-13(25)22-14/h3-6H,7H2,1-2H3,(H,22,25). The first-order valence-electron chi connectivity index (χ1n) is 7.61. The van der Waals surface area contributed by atoms with Crippen LogP contribution in [0, 0.1) is 13.8 Å². The molecule has 25 heavy (non-hydrogen) atoms. The highest BCUT2D eigenvalue weighted by molar-refractivity contribution is 6.00. The molecule has 0 bridgehead atoms. The molecule has 1 aliphatic heterocycles. The Kier molecular flexibility index (Phi) is 3.15. The van der Waals surface area contributed by atoms with Crippen molar-refractivity contribution >= 4 is 17.2 Å². The first-order valence-corrected chi connectivity index (χ1v) is 7.61. The van der Waals surface area contributed by atoms with Crippen LogP contribution in [0.25, 0.3) is 16.9 Å².